The lowest BCUT2D eigenvalue weighted by Crippen LogP contribution is -2.24. The predicted octanol–water partition coefficient (Wildman–Crippen LogP) is 2.64. The van der Waals surface area contributed by atoms with Gasteiger partial charge in [-0.3, -0.25) is 4.79 Å². The van der Waals surface area contributed by atoms with Gasteiger partial charge >= 0.3 is 5.97 Å². The van der Waals surface area contributed by atoms with Crippen molar-refractivity contribution >= 4 is 29.2 Å². The molecule has 0 unspecified atom stereocenters. The lowest BCUT2D eigenvalue weighted by Gasteiger charge is -2.09. The molecule has 1 N–H and O–H groups in total. The Balaban J connectivity index is 1.80. The van der Waals surface area contributed by atoms with Gasteiger partial charge in [0.05, 0.1) is 22.9 Å². The van der Waals surface area contributed by atoms with Crippen molar-refractivity contribution in [2.45, 2.75) is 0 Å². The molecule has 0 bridgehead atoms. The van der Waals surface area contributed by atoms with Gasteiger partial charge in [-0.2, -0.15) is 10.5 Å². The van der Waals surface area contributed by atoms with E-state index in [1.54, 1.807) is 24.3 Å². The van der Waals surface area contributed by atoms with Crippen molar-refractivity contribution in [3.8, 4) is 17.9 Å². The molecule has 0 spiro atoms. The van der Waals surface area contributed by atoms with E-state index in [1.807, 2.05) is 12.1 Å². The van der Waals surface area contributed by atoms with Crippen molar-refractivity contribution in [3.63, 3.8) is 0 Å². The van der Waals surface area contributed by atoms with Gasteiger partial charge in [0.25, 0.3) is 5.91 Å². The Kier molecular flexibility index (Phi) is 6.55. The highest BCUT2D eigenvalue weighted by Gasteiger charge is 2.11. The van der Waals surface area contributed by atoms with Crippen molar-refractivity contribution in [2.24, 2.45) is 0 Å². The Morgan fingerprint density at radius 3 is 2.42 bits per heavy atom. The van der Waals surface area contributed by atoms with Crippen LogP contribution in [-0.4, -0.2) is 25.1 Å². The largest absolute Gasteiger partial charge is 0.482 e. The molecule has 7 nitrogen and oxygen atoms in total. The number of amides is 1. The molecule has 0 radical (unpaired) electrons. The molecular weight excluding hydrogens is 358 g/mol. The van der Waals surface area contributed by atoms with Crippen LogP contribution in [0.5, 0.6) is 5.75 Å². The summed E-state index contributed by atoms with van der Waals surface area (Å²) in [5.41, 5.74) is 0.933. The smallest absolute Gasteiger partial charge is 0.344 e. The van der Waals surface area contributed by atoms with Crippen molar-refractivity contribution in [3.05, 3.63) is 58.6 Å². The Bertz CT molecular complexity index is 898. The molecule has 0 aliphatic heterocycles. The molecule has 0 saturated carbocycles. The topological polar surface area (TPSA) is 112 Å². The third kappa shape index (κ3) is 5.52. The molecule has 0 atom stereocenters. The van der Waals surface area contributed by atoms with E-state index in [2.05, 4.69) is 5.32 Å². The van der Waals surface area contributed by atoms with Gasteiger partial charge in [-0.1, -0.05) is 11.6 Å². The second kappa shape index (κ2) is 9.07. The Hall–Kier alpha value is -3.55. The Morgan fingerprint density at radius 2 is 1.77 bits per heavy atom. The Morgan fingerprint density at radius 1 is 1.04 bits per heavy atom. The average molecular weight is 370 g/mol. The number of nitrogens with zero attached hydrogens (tertiary/aromatic N) is 2. The summed E-state index contributed by atoms with van der Waals surface area (Å²) in [6, 6.07) is 14.5. The highest BCUT2D eigenvalue weighted by molar-refractivity contribution is 6.31. The second-order valence-electron chi connectivity index (χ2n) is 4.94. The second-order valence-corrected chi connectivity index (χ2v) is 5.37. The lowest BCUT2D eigenvalue weighted by atomic mass is 10.2. The van der Waals surface area contributed by atoms with Crippen LogP contribution in [0.1, 0.15) is 11.1 Å². The molecule has 0 aromatic heterocycles. The maximum absolute atomic E-state index is 11.8. The Labute approximate surface area is 154 Å². The van der Waals surface area contributed by atoms with Gasteiger partial charge in [-0.25, -0.2) is 4.79 Å². The van der Waals surface area contributed by atoms with Crippen LogP contribution in [0.2, 0.25) is 5.02 Å². The first-order valence-electron chi connectivity index (χ1n) is 7.30. The zero-order valence-electron chi connectivity index (χ0n) is 13.4. The van der Waals surface area contributed by atoms with E-state index in [0.717, 1.165) is 0 Å². The van der Waals surface area contributed by atoms with Crippen LogP contribution in [0, 0.1) is 22.7 Å². The summed E-state index contributed by atoms with van der Waals surface area (Å²) in [6.45, 7) is -0.924. The molecule has 2 aromatic rings. The summed E-state index contributed by atoms with van der Waals surface area (Å²) in [5.74, 6) is -0.963. The minimum Gasteiger partial charge on any atom is -0.482 e. The fourth-order valence-electron chi connectivity index (χ4n) is 1.86. The normalized spacial score (nSPS) is 9.50. The number of benzene rings is 2. The minimum atomic E-state index is -0.740. The van der Waals surface area contributed by atoms with E-state index in [0.29, 0.717) is 16.3 Å². The van der Waals surface area contributed by atoms with Crippen LogP contribution in [0.15, 0.2) is 42.5 Å². The van der Waals surface area contributed by atoms with Gasteiger partial charge in [-0.05, 0) is 42.5 Å². The minimum absolute atomic E-state index is 0.231. The zero-order valence-corrected chi connectivity index (χ0v) is 14.1. The molecule has 2 aromatic carbocycles. The first-order valence-corrected chi connectivity index (χ1v) is 7.67. The third-order valence-corrected chi connectivity index (χ3v) is 3.32. The number of anilines is 1. The molecule has 26 heavy (non-hydrogen) atoms. The van der Waals surface area contributed by atoms with E-state index < -0.39 is 18.5 Å². The molecular formula is C18H12ClN3O4. The van der Waals surface area contributed by atoms with Crippen LogP contribution in [0.25, 0.3) is 0 Å². The number of nitriles is 2. The van der Waals surface area contributed by atoms with Gasteiger partial charge in [-0.15, -0.1) is 0 Å². The summed E-state index contributed by atoms with van der Waals surface area (Å²) in [4.78, 5) is 23.4. The fourth-order valence-corrected chi connectivity index (χ4v) is 2.03. The van der Waals surface area contributed by atoms with Crippen molar-refractivity contribution in [1.29, 1.82) is 10.5 Å². The standard InChI is InChI=1S/C18H12ClN3O4/c19-14-4-3-13(9-21)16(7-14)22-17(23)10-26-18(24)11-25-15-5-1-12(8-20)2-6-15/h1-7H,10-11H2,(H,22,23). The summed E-state index contributed by atoms with van der Waals surface area (Å²) in [5, 5.41) is 20.5. The van der Waals surface area contributed by atoms with Crippen LogP contribution in [-0.2, 0) is 14.3 Å². The molecule has 0 fully saturated rings. The molecule has 8 heteroatoms. The van der Waals surface area contributed by atoms with Crippen LogP contribution < -0.4 is 10.1 Å². The van der Waals surface area contributed by atoms with Gasteiger partial charge in [0, 0.05) is 5.02 Å². The fraction of sp³-hybridized carbons (Fsp3) is 0.111. The van der Waals surface area contributed by atoms with E-state index in [1.165, 1.54) is 18.2 Å². The number of hydrogen-bond acceptors (Lipinski definition) is 6. The van der Waals surface area contributed by atoms with Crippen molar-refractivity contribution in [2.75, 3.05) is 18.5 Å². The highest BCUT2D eigenvalue weighted by atomic mass is 35.5. The third-order valence-electron chi connectivity index (χ3n) is 3.08. The van der Waals surface area contributed by atoms with E-state index in [-0.39, 0.29) is 17.9 Å². The van der Waals surface area contributed by atoms with Crippen molar-refractivity contribution < 1.29 is 19.1 Å². The maximum Gasteiger partial charge on any atom is 0.344 e. The quantitative estimate of drug-likeness (QED) is 0.783. The van der Waals surface area contributed by atoms with Gasteiger partial charge < -0.3 is 14.8 Å². The van der Waals surface area contributed by atoms with Gasteiger partial charge in [0.15, 0.2) is 13.2 Å². The molecule has 130 valence electrons. The number of rotatable bonds is 6. The van der Waals surface area contributed by atoms with Gasteiger partial charge in [0.1, 0.15) is 11.8 Å². The summed E-state index contributed by atoms with van der Waals surface area (Å²) < 4.78 is 10.00. The number of halogens is 1. The number of ether oxygens (including phenoxy) is 2. The van der Waals surface area contributed by atoms with Crippen LogP contribution in [0.3, 0.4) is 0 Å². The molecule has 0 aliphatic rings. The first-order chi connectivity index (χ1) is 12.5. The maximum atomic E-state index is 11.8. The monoisotopic (exact) mass is 369 g/mol. The number of esters is 1. The van der Waals surface area contributed by atoms with E-state index in [4.69, 9.17) is 31.6 Å². The van der Waals surface area contributed by atoms with Crippen molar-refractivity contribution in [1.82, 2.24) is 0 Å². The van der Waals surface area contributed by atoms with Gasteiger partial charge in [0.2, 0.25) is 0 Å². The predicted molar refractivity (Wildman–Crippen MR) is 92.4 cm³/mol. The molecule has 0 saturated heterocycles. The molecule has 2 rings (SSSR count). The van der Waals surface area contributed by atoms with Crippen LogP contribution in [0.4, 0.5) is 5.69 Å². The number of hydrogen-bond donors (Lipinski definition) is 1. The summed E-state index contributed by atoms with van der Waals surface area (Å²) in [7, 11) is 0. The molecule has 1 amide bonds. The van der Waals surface area contributed by atoms with E-state index >= 15 is 0 Å². The van der Waals surface area contributed by atoms with Crippen LogP contribution >= 0.6 is 11.6 Å². The molecule has 0 aliphatic carbocycles. The average Bonchev–Trinajstić information content (AvgIpc) is 2.65. The highest BCUT2D eigenvalue weighted by Crippen LogP contribution is 2.20. The van der Waals surface area contributed by atoms with E-state index in [9.17, 15) is 9.59 Å². The summed E-state index contributed by atoms with van der Waals surface area (Å²) >= 11 is 5.82. The number of carbonyl (C=O) groups excluding carboxylic acids is 2. The summed E-state index contributed by atoms with van der Waals surface area (Å²) in [6.07, 6.45) is 0. The molecule has 0 heterocycles. The number of nitrogens with one attached hydrogen (secondary N) is 1. The zero-order chi connectivity index (χ0) is 18.9. The SMILES string of the molecule is N#Cc1ccc(OCC(=O)OCC(=O)Nc2cc(Cl)ccc2C#N)cc1. The first kappa shape index (κ1) is 18.8. The number of carbonyl (C=O) groups is 2. The lowest BCUT2D eigenvalue weighted by molar-refractivity contribution is -0.149.